The Balaban J connectivity index is 1.24. The summed E-state index contributed by atoms with van der Waals surface area (Å²) in [6.45, 7) is 11.3. The molecular weight excluding hydrogens is 663 g/mol. The Morgan fingerprint density at radius 3 is 2.33 bits per heavy atom. The number of carbonyl (C=O) groups is 2. The van der Waals surface area contributed by atoms with Gasteiger partial charge in [0.1, 0.15) is 34.6 Å². The molecule has 0 unspecified atom stereocenters. The zero-order chi connectivity index (χ0) is 36.4. The summed E-state index contributed by atoms with van der Waals surface area (Å²) in [5.41, 5.74) is -0.284. The number of ether oxygens (including phenoxy) is 4. The number of amides is 2. The van der Waals surface area contributed by atoms with Gasteiger partial charge in [-0.1, -0.05) is 0 Å². The molecule has 2 amide bonds. The standard InChI is InChI=1S/C35H43FN8O7/c1-34(2,3)50-32(46)39-24-11-19-8-17(24)16-44(19)29-26-23-9-18(36)10-25(43(7)33(47)51-35(4,5)6)27(23)40-28(26)41-31(42-29)49-22-14-37-30(38-15-22)48-21-12-20(45)13-21/h9-10,14-15,17,19-21,24,45H,8,11-13,16H2,1-7H3,(H,39,46)(H,40,41,42)/t17-,19-,20?,21?,24-/m0/s1. The first-order valence-corrected chi connectivity index (χ1v) is 17.1. The van der Waals surface area contributed by atoms with Crippen LogP contribution in [0.5, 0.6) is 17.8 Å². The molecule has 2 aliphatic carbocycles. The van der Waals surface area contributed by atoms with Gasteiger partial charge in [-0.15, -0.1) is 0 Å². The summed E-state index contributed by atoms with van der Waals surface area (Å²) in [5.74, 6) is 0.342. The van der Waals surface area contributed by atoms with E-state index in [0.717, 1.165) is 6.42 Å². The average molecular weight is 707 g/mol. The molecule has 4 heterocycles. The summed E-state index contributed by atoms with van der Waals surface area (Å²) in [4.78, 5) is 50.4. The highest BCUT2D eigenvalue weighted by Crippen LogP contribution is 2.45. The number of hydrogen-bond donors (Lipinski definition) is 3. The molecule has 272 valence electrons. The third kappa shape index (κ3) is 7.27. The van der Waals surface area contributed by atoms with Crippen LogP contribution in [0, 0.1) is 11.7 Å². The summed E-state index contributed by atoms with van der Waals surface area (Å²) in [6.07, 6.45) is 3.80. The fraction of sp³-hybridized carbons (Fsp3) is 0.543. The van der Waals surface area contributed by atoms with Gasteiger partial charge in [0.2, 0.25) is 0 Å². The van der Waals surface area contributed by atoms with Crippen molar-refractivity contribution < 1.29 is 38.0 Å². The van der Waals surface area contributed by atoms with E-state index in [-0.39, 0.29) is 53.7 Å². The molecule has 1 aliphatic heterocycles. The zero-order valence-electron chi connectivity index (χ0n) is 29.7. The van der Waals surface area contributed by atoms with Crippen molar-refractivity contribution in [1.29, 1.82) is 0 Å². The molecule has 2 saturated carbocycles. The summed E-state index contributed by atoms with van der Waals surface area (Å²) < 4.78 is 38.2. The maximum absolute atomic E-state index is 15.4. The van der Waals surface area contributed by atoms with Gasteiger partial charge in [-0.3, -0.25) is 4.90 Å². The van der Waals surface area contributed by atoms with Crippen molar-refractivity contribution >= 4 is 45.6 Å². The Morgan fingerprint density at radius 2 is 1.71 bits per heavy atom. The van der Waals surface area contributed by atoms with Gasteiger partial charge in [-0.25, -0.2) is 14.0 Å². The smallest absolute Gasteiger partial charge is 0.414 e. The van der Waals surface area contributed by atoms with Crippen molar-refractivity contribution in [1.82, 2.24) is 30.2 Å². The van der Waals surface area contributed by atoms with E-state index < -0.39 is 29.2 Å². The van der Waals surface area contributed by atoms with Gasteiger partial charge in [0.15, 0.2) is 5.75 Å². The van der Waals surface area contributed by atoms with Gasteiger partial charge in [0.05, 0.1) is 35.1 Å². The molecule has 3 fully saturated rings. The molecule has 1 saturated heterocycles. The second-order valence-corrected chi connectivity index (χ2v) is 15.5. The van der Waals surface area contributed by atoms with Gasteiger partial charge in [0, 0.05) is 43.9 Å². The summed E-state index contributed by atoms with van der Waals surface area (Å²) in [7, 11) is 1.52. The quantitative estimate of drug-likeness (QED) is 0.217. The molecule has 3 N–H and O–H groups in total. The van der Waals surface area contributed by atoms with Crippen LogP contribution in [-0.2, 0) is 9.47 Å². The third-order valence-electron chi connectivity index (χ3n) is 9.16. The Morgan fingerprint density at radius 1 is 1.00 bits per heavy atom. The van der Waals surface area contributed by atoms with Gasteiger partial charge in [-0.05, 0) is 72.4 Å². The largest absolute Gasteiger partial charge is 0.460 e. The number of aliphatic hydroxyl groups excluding tert-OH is 1. The second-order valence-electron chi connectivity index (χ2n) is 15.5. The minimum absolute atomic E-state index is 0.00263. The maximum Gasteiger partial charge on any atom is 0.414 e. The van der Waals surface area contributed by atoms with Crippen LogP contribution in [0.25, 0.3) is 21.9 Å². The number of aliphatic hydroxyl groups is 1. The number of carbonyl (C=O) groups excluding carboxylic acids is 2. The summed E-state index contributed by atoms with van der Waals surface area (Å²) in [5, 5.41) is 13.6. The number of nitrogens with zero attached hydrogens (tertiary/aromatic N) is 6. The number of anilines is 2. The predicted molar refractivity (Wildman–Crippen MR) is 185 cm³/mol. The maximum atomic E-state index is 15.4. The fourth-order valence-electron chi connectivity index (χ4n) is 6.91. The van der Waals surface area contributed by atoms with Crippen molar-refractivity contribution in [2.24, 2.45) is 5.92 Å². The van der Waals surface area contributed by atoms with Crippen LogP contribution in [-0.4, -0.2) is 91.3 Å². The number of H-pyrrole nitrogens is 1. The average Bonchev–Trinajstić information content (AvgIpc) is 3.71. The number of fused-ring (bicyclic) bond motifs is 5. The molecular formula is C35H43FN8O7. The lowest BCUT2D eigenvalue weighted by Crippen LogP contribution is -2.47. The van der Waals surface area contributed by atoms with Gasteiger partial charge in [-0.2, -0.15) is 19.9 Å². The van der Waals surface area contributed by atoms with Crippen LogP contribution in [0.4, 0.5) is 25.5 Å². The lowest BCUT2D eigenvalue weighted by molar-refractivity contribution is -0.0151. The highest BCUT2D eigenvalue weighted by molar-refractivity contribution is 6.16. The first-order chi connectivity index (χ1) is 24.0. The van der Waals surface area contributed by atoms with Gasteiger partial charge in [0.25, 0.3) is 0 Å². The van der Waals surface area contributed by atoms with Crippen molar-refractivity contribution in [3.8, 4) is 17.8 Å². The third-order valence-corrected chi connectivity index (χ3v) is 9.16. The molecule has 2 bridgehead atoms. The van der Waals surface area contributed by atoms with Crippen molar-refractivity contribution in [3.05, 3.63) is 30.3 Å². The molecule has 51 heavy (non-hydrogen) atoms. The van der Waals surface area contributed by atoms with E-state index in [4.69, 9.17) is 23.9 Å². The molecule has 3 aliphatic rings. The van der Waals surface area contributed by atoms with E-state index in [1.54, 1.807) is 20.8 Å². The number of nitrogens with one attached hydrogen (secondary N) is 2. The lowest BCUT2D eigenvalue weighted by Gasteiger charge is -2.33. The zero-order valence-corrected chi connectivity index (χ0v) is 29.7. The van der Waals surface area contributed by atoms with E-state index in [1.165, 1.54) is 36.5 Å². The van der Waals surface area contributed by atoms with E-state index in [1.807, 2.05) is 20.8 Å². The monoisotopic (exact) mass is 706 g/mol. The molecule has 16 heteroatoms. The number of aromatic amines is 1. The number of piperidine rings is 1. The highest BCUT2D eigenvalue weighted by atomic mass is 19.1. The minimum atomic E-state index is -0.762. The van der Waals surface area contributed by atoms with Crippen LogP contribution >= 0.6 is 0 Å². The summed E-state index contributed by atoms with van der Waals surface area (Å²) in [6, 6.07) is 2.75. The molecule has 3 aromatic heterocycles. The predicted octanol–water partition coefficient (Wildman–Crippen LogP) is 5.60. The van der Waals surface area contributed by atoms with Crippen LogP contribution in [0.15, 0.2) is 24.5 Å². The van der Waals surface area contributed by atoms with Crippen LogP contribution in [0.1, 0.15) is 67.2 Å². The van der Waals surface area contributed by atoms with E-state index in [0.29, 0.717) is 53.6 Å². The normalized spacial score (nSPS) is 22.9. The SMILES string of the molecule is CN(C(=O)OC(C)(C)C)c1cc(F)cc2c1[nH]c1nc(Oc3cnc(OC4CC(O)C4)nc3)nc(N3C[C@@H]4C[C@H]3C[C@@H]4NC(=O)OC(C)(C)C)c12. The van der Waals surface area contributed by atoms with Crippen molar-refractivity contribution in [2.75, 3.05) is 23.4 Å². The fourth-order valence-corrected chi connectivity index (χ4v) is 6.91. The first-order valence-electron chi connectivity index (χ1n) is 17.1. The topological polar surface area (TPSA) is 177 Å². The first kappa shape index (κ1) is 34.5. The number of aromatic nitrogens is 5. The van der Waals surface area contributed by atoms with E-state index in [9.17, 15) is 14.7 Å². The van der Waals surface area contributed by atoms with Crippen LogP contribution in [0.2, 0.25) is 0 Å². The summed E-state index contributed by atoms with van der Waals surface area (Å²) >= 11 is 0. The van der Waals surface area contributed by atoms with Crippen LogP contribution < -0.4 is 24.6 Å². The molecule has 0 radical (unpaired) electrons. The Hall–Kier alpha value is -4.99. The van der Waals surface area contributed by atoms with E-state index in [2.05, 4.69) is 30.2 Å². The second kappa shape index (κ2) is 12.7. The molecule has 0 spiro atoms. The van der Waals surface area contributed by atoms with Crippen LogP contribution in [0.3, 0.4) is 0 Å². The molecule has 4 aromatic rings. The molecule has 1 aromatic carbocycles. The molecule has 15 nitrogen and oxygen atoms in total. The Bertz CT molecular complexity index is 1970. The number of alkyl carbamates (subject to hydrolysis) is 1. The Kier molecular flexibility index (Phi) is 8.55. The number of rotatable bonds is 7. The minimum Gasteiger partial charge on any atom is -0.460 e. The lowest BCUT2D eigenvalue weighted by atomic mass is 9.92. The number of benzene rings is 1. The Labute approximate surface area is 293 Å². The molecule has 7 rings (SSSR count). The number of hydrogen-bond acceptors (Lipinski definition) is 12. The molecule has 3 atom stereocenters. The van der Waals surface area contributed by atoms with Gasteiger partial charge >= 0.3 is 24.2 Å². The van der Waals surface area contributed by atoms with E-state index >= 15 is 4.39 Å². The number of halogens is 1. The van der Waals surface area contributed by atoms with Crippen molar-refractivity contribution in [2.45, 2.75) is 103 Å². The van der Waals surface area contributed by atoms with Gasteiger partial charge < -0.3 is 39.3 Å². The highest BCUT2D eigenvalue weighted by Gasteiger charge is 2.47. The van der Waals surface area contributed by atoms with Crippen molar-refractivity contribution in [3.63, 3.8) is 0 Å².